The third kappa shape index (κ3) is 3.93. The van der Waals surface area contributed by atoms with Gasteiger partial charge in [-0.3, -0.25) is 9.59 Å². The van der Waals surface area contributed by atoms with Crippen molar-refractivity contribution in [1.29, 1.82) is 0 Å². The fraction of sp³-hybridized carbons (Fsp3) is 0.806. The number of rotatable bonds is 6. The van der Waals surface area contributed by atoms with Gasteiger partial charge < -0.3 is 10.2 Å². The summed E-state index contributed by atoms with van der Waals surface area (Å²) in [7, 11) is 0. The van der Waals surface area contributed by atoms with Crippen LogP contribution in [0.25, 0.3) is 0 Å². The first-order valence-corrected chi connectivity index (χ1v) is 14.7. The summed E-state index contributed by atoms with van der Waals surface area (Å²) in [6.45, 7) is 2.51. The standard InChI is InChI=1S/C31H44O4/c1-30-18-26(19-3-5-20(6-4-19)29(34)21-7-8-21)28-24-12-10-23(33)17-22(24)9-11-25(28)27(30)13-15-31(30,35)14-2-16-32/h17,19-21,25-27,32,35H,2-16,18H2,1H3/t19?,20?,25?,26-,27?,30+,31+/m1/s1. The Morgan fingerprint density at radius 2 is 1.69 bits per heavy atom. The quantitative estimate of drug-likeness (QED) is 0.511. The van der Waals surface area contributed by atoms with Crippen LogP contribution in [0.15, 0.2) is 22.8 Å². The Hall–Kier alpha value is -1.26. The Bertz CT molecular complexity index is 949. The van der Waals surface area contributed by atoms with Crippen LogP contribution in [0.2, 0.25) is 0 Å². The van der Waals surface area contributed by atoms with Crippen molar-refractivity contribution in [2.45, 2.75) is 109 Å². The van der Waals surface area contributed by atoms with Crippen molar-refractivity contribution in [3.8, 4) is 0 Å². The molecule has 0 amide bonds. The molecule has 0 spiro atoms. The van der Waals surface area contributed by atoms with Crippen LogP contribution < -0.4 is 0 Å². The number of fused-ring (bicyclic) bond motifs is 4. The molecule has 0 aromatic carbocycles. The smallest absolute Gasteiger partial charge is 0.156 e. The molecule has 5 atom stereocenters. The second kappa shape index (κ2) is 8.94. The number of ketones is 2. The van der Waals surface area contributed by atoms with Crippen LogP contribution in [-0.4, -0.2) is 34.0 Å². The van der Waals surface area contributed by atoms with E-state index in [2.05, 4.69) is 6.92 Å². The topological polar surface area (TPSA) is 74.6 Å². The lowest BCUT2D eigenvalue weighted by molar-refractivity contribution is -0.126. The van der Waals surface area contributed by atoms with E-state index in [0.717, 1.165) is 77.0 Å². The van der Waals surface area contributed by atoms with Gasteiger partial charge in [0.1, 0.15) is 5.78 Å². The summed E-state index contributed by atoms with van der Waals surface area (Å²) in [6.07, 6.45) is 16.5. The Kier molecular flexibility index (Phi) is 6.16. The highest BCUT2D eigenvalue weighted by molar-refractivity contribution is 5.93. The molecule has 0 aromatic rings. The number of carbonyl (C=O) groups is 2. The van der Waals surface area contributed by atoms with Gasteiger partial charge in [0.25, 0.3) is 0 Å². The molecule has 35 heavy (non-hydrogen) atoms. The monoisotopic (exact) mass is 480 g/mol. The largest absolute Gasteiger partial charge is 0.396 e. The van der Waals surface area contributed by atoms with Crippen molar-refractivity contribution in [2.24, 2.45) is 40.9 Å². The van der Waals surface area contributed by atoms with E-state index in [1.807, 2.05) is 6.08 Å². The number of Topliss-reactive ketones (excluding diaryl/α,β-unsaturated/α-hetero) is 1. The molecule has 2 N–H and O–H groups in total. The summed E-state index contributed by atoms with van der Waals surface area (Å²) >= 11 is 0. The Morgan fingerprint density at radius 3 is 2.37 bits per heavy atom. The molecular formula is C31H44O4. The van der Waals surface area contributed by atoms with Gasteiger partial charge in [-0.25, -0.2) is 0 Å². The lowest BCUT2D eigenvalue weighted by Gasteiger charge is -2.56. The molecule has 192 valence electrons. The zero-order chi connectivity index (χ0) is 24.4. The predicted octanol–water partition coefficient (Wildman–Crippen LogP) is 5.71. The second-order valence-corrected chi connectivity index (χ2v) is 13.2. The van der Waals surface area contributed by atoms with Crippen molar-refractivity contribution >= 4 is 11.6 Å². The Balaban J connectivity index is 1.34. The molecule has 6 aliphatic carbocycles. The molecule has 2 unspecified atom stereocenters. The van der Waals surface area contributed by atoms with E-state index in [1.165, 1.54) is 11.1 Å². The van der Waals surface area contributed by atoms with Crippen LogP contribution in [0, 0.1) is 40.9 Å². The first-order valence-electron chi connectivity index (χ1n) is 14.7. The highest BCUT2D eigenvalue weighted by atomic mass is 16.3. The van der Waals surface area contributed by atoms with Gasteiger partial charge >= 0.3 is 0 Å². The van der Waals surface area contributed by atoms with Crippen LogP contribution in [-0.2, 0) is 9.59 Å². The maximum atomic E-state index is 12.8. The van der Waals surface area contributed by atoms with Gasteiger partial charge in [0.15, 0.2) is 5.78 Å². The average Bonchev–Trinajstić information content (AvgIpc) is 3.67. The van der Waals surface area contributed by atoms with E-state index in [9.17, 15) is 19.8 Å². The molecule has 4 nitrogen and oxygen atoms in total. The van der Waals surface area contributed by atoms with Crippen molar-refractivity contribution in [1.82, 2.24) is 0 Å². The van der Waals surface area contributed by atoms with Crippen molar-refractivity contribution < 1.29 is 19.8 Å². The molecule has 0 bridgehead atoms. The van der Waals surface area contributed by atoms with Gasteiger partial charge in [-0.05, 0) is 131 Å². The Labute approximate surface area is 210 Å². The third-order valence-electron chi connectivity index (χ3n) is 11.6. The number of hydrogen-bond donors (Lipinski definition) is 2. The number of allylic oxidation sites excluding steroid dienone is 4. The minimum atomic E-state index is -0.688. The molecule has 0 aliphatic heterocycles. The molecule has 0 heterocycles. The normalized spacial score (nSPS) is 43.3. The van der Waals surface area contributed by atoms with E-state index in [4.69, 9.17) is 0 Å². The molecule has 0 radical (unpaired) electrons. The van der Waals surface area contributed by atoms with E-state index < -0.39 is 5.60 Å². The van der Waals surface area contributed by atoms with Crippen LogP contribution >= 0.6 is 0 Å². The summed E-state index contributed by atoms with van der Waals surface area (Å²) < 4.78 is 0. The Morgan fingerprint density at radius 1 is 0.971 bits per heavy atom. The summed E-state index contributed by atoms with van der Waals surface area (Å²) in [6, 6.07) is 0. The number of aliphatic hydroxyl groups excluding tert-OH is 1. The molecule has 0 aromatic heterocycles. The van der Waals surface area contributed by atoms with Gasteiger partial charge in [-0.15, -0.1) is 0 Å². The van der Waals surface area contributed by atoms with Gasteiger partial charge in [-0.1, -0.05) is 12.5 Å². The molecule has 6 rings (SSSR count). The predicted molar refractivity (Wildman–Crippen MR) is 135 cm³/mol. The summed E-state index contributed by atoms with van der Waals surface area (Å²) in [5, 5.41) is 21.6. The van der Waals surface area contributed by atoms with Crippen LogP contribution in [0.5, 0.6) is 0 Å². The second-order valence-electron chi connectivity index (χ2n) is 13.2. The molecule has 4 saturated carbocycles. The van der Waals surface area contributed by atoms with Gasteiger partial charge in [0, 0.05) is 30.3 Å². The van der Waals surface area contributed by atoms with E-state index >= 15 is 0 Å². The van der Waals surface area contributed by atoms with E-state index in [-0.39, 0.29) is 17.9 Å². The minimum absolute atomic E-state index is 0.117. The van der Waals surface area contributed by atoms with E-state index in [1.54, 1.807) is 5.57 Å². The molecule has 4 fully saturated rings. The highest BCUT2D eigenvalue weighted by Crippen LogP contribution is 2.67. The molecular weight excluding hydrogens is 436 g/mol. The first kappa shape index (κ1) is 24.1. The fourth-order valence-corrected chi connectivity index (χ4v) is 9.53. The third-order valence-corrected chi connectivity index (χ3v) is 11.6. The summed E-state index contributed by atoms with van der Waals surface area (Å²) in [5.74, 6) is 3.54. The lowest BCUT2D eigenvalue weighted by Crippen LogP contribution is -2.53. The van der Waals surface area contributed by atoms with Crippen molar-refractivity contribution in [2.75, 3.05) is 6.61 Å². The summed E-state index contributed by atoms with van der Waals surface area (Å²) in [5.41, 5.74) is 3.68. The van der Waals surface area contributed by atoms with Crippen LogP contribution in [0.1, 0.15) is 103 Å². The van der Waals surface area contributed by atoms with E-state index in [0.29, 0.717) is 60.4 Å². The van der Waals surface area contributed by atoms with Gasteiger partial charge in [-0.2, -0.15) is 0 Å². The fourth-order valence-electron chi connectivity index (χ4n) is 9.53. The number of carbonyl (C=O) groups excluding carboxylic acids is 2. The lowest BCUT2D eigenvalue weighted by atomic mass is 9.49. The van der Waals surface area contributed by atoms with Crippen LogP contribution in [0.3, 0.4) is 0 Å². The van der Waals surface area contributed by atoms with Gasteiger partial charge in [0.05, 0.1) is 5.60 Å². The first-order chi connectivity index (χ1) is 16.8. The summed E-state index contributed by atoms with van der Waals surface area (Å²) in [4.78, 5) is 25.0. The minimum Gasteiger partial charge on any atom is -0.396 e. The number of aliphatic hydroxyl groups is 2. The van der Waals surface area contributed by atoms with Crippen molar-refractivity contribution in [3.63, 3.8) is 0 Å². The SMILES string of the molecule is C[C@]12C[C@H](C3CCC(C(=O)C4CC4)CC3)C3=C4CCC(=O)C=C4CCC3C1CC[C@@]2(O)CCCO. The number of hydrogen-bond acceptors (Lipinski definition) is 4. The molecule has 4 heteroatoms. The molecule has 0 saturated heterocycles. The maximum absolute atomic E-state index is 12.8. The van der Waals surface area contributed by atoms with Crippen molar-refractivity contribution in [3.05, 3.63) is 22.8 Å². The average molecular weight is 481 g/mol. The van der Waals surface area contributed by atoms with Crippen LogP contribution in [0.4, 0.5) is 0 Å². The van der Waals surface area contributed by atoms with Gasteiger partial charge in [0.2, 0.25) is 0 Å². The highest BCUT2D eigenvalue weighted by Gasteiger charge is 2.63. The molecule has 6 aliphatic rings. The zero-order valence-corrected chi connectivity index (χ0v) is 21.6. The maximum Gasteiger partial charge on any atom is 0.156 e. The zero-order valence-electron chi connectivity index (χ0n) is 21.6.